The van der Waals surface area contributed by atoms with Gasteiger partial charge in [0.25, 0.3) is 0 Å². The van der Waals surface area contributed by atoms with E-state index in [-0.39, 0.29) is 5.84 Å². The molecule has 0 bridgehead atoms. The molecule has 0 atom stereocenters. The summed E-state index contributed by atoms with van der Waals surface area (Å²) < 4.78 is 4.99. The van der Waals surface area contributed by atoms with Gasteiger partial charge >= 0.3 is 0 Å². The van der Waals surface area contributed by atoms with Crippen molar-refractivity contribution in [2.75, 3.05) is 12.8 Å². The van der Waals surface area contributed by atoms with Gasteiger partial charge in [0.05, 0.1) is 12.7 Å². The Morgan fingerprint density at radius 2 is 2.17 bits per heavy atom. The smallest absolute Gasteiger partial charge is 0.131 e. The number of hydrogen-bond donors (Lipinski definition) is 3. The highest BCUT2D eigenvalue weighted by Crippen LogP contribution is 2.22. The maximum atomic E-state index is 7.24. The molecule has 0 saturated heterocycles. The Morgan fingerprint density at radius 1 is 1.50 bits per heavy atom. The second-order valence-corrected chi connectivity index (χ2v) is 2.34. The molecule has 0 aromatic heterocycles. The van der Waals surface area contributed by atoms with Crippen molar-refractivity contribution in [2.24, 2.45) is 5.73 Å². The predicted octanol–water partition coefficient (Wildman–Crippen LogP) is 0.561. The molecule has 1 aromatic rings. The summed E-state index contributed by atoms with van der Waals surface area (Å²) in [7, 11) is 1.52. The average molecular weight is 165 g/mol. The van der Waals surface area contributed by atoms with E-state index < -0.39 is 0 Å². The first-order valence-corrected chi connectivity index (χ1v) is 3.43. The minimum atomic E-state index is -0.0787. The number of rotatable bonds is 2. The molecule has 4 nitrogen and oxygen atoms in total. The molecule has 0 aliphatic carbocycles. The van der Waals surface area contributed by atoms with E-state index >= 15 is 0 Å². The van der Waals surface area contributed by atoms with Crippen LogP contribution in [0.5, 0.6) is 5.75 Å². The second kappa shape index (κ2) is 3.13. The molecule has 0 radical (unpaired) electrons. The Kier molecular flexibility index (Phi) is 2.19. The number of hydrogen-bond acceptors (Lipinski definition) is 3. The zero-order valence-corrected chi connectivity index (χ0v) is 6.79. The van der Waals surface area contributed by atoms with E-state index in [1.807, 2.05) is 0 Å². The molecule has 0 fully saturated rings. The number of nitrogens with one attached hydrogen (secondary N) is 1. The van der Waals surface area contributed by atoms with E-state index in [1.54, 1.807) is 18.2 Å². The molecular weight excluding hydrogens is 154 g/mol. The van der Waals surface area contributed by atoms with Crippen LogP contribution in [-0.4, -0.2) is 12.9 Å². The number of ether oxygens (including phenoxy) is 1. The minimum absolute atomic E-state index is 0.0787. The number of benzene rings is 1. The standard InChI is InChI=1S/C8H11N3O/c1-12-6-4-2-3-5(9)7(6)8(10)11/h2-4H,9H2,1H3,(H3,10,11). The van der Waals surface area contributed by atoms with Crippen molar-refractivity contribution in [1.82, 2.24) is 0 Å². The van der Waals surface area contributed by atoms with Gasteiger partial charge < -0.3 is 16.2 Å². The van der Waals surface area contributed by atoms with Crippen LogP contribution in [-0.2, 0) is 0 Å². The Balaban J connectivity index is 3.29. The van der Waals surface area contributed by atoms with Gasteiger partial charge in [-0.3, -0.25) is 5.41 Å². The molecule has 5 N–H and O–H groups in total. The molecule has 0 unspecified atom stereocenters. The van der Waals surface area contributed by atoms with E-state index in [4.69, 9.17) is 21.6 Å². The molecule has 0 saturated carbocycles. The van der Waals surface area contributed by atoms with E-state index in [2.05, 4.69) is 0 Å². The van der Waals surface area contributed by atoms with Gasteiger partial charge in [-0.25, -0.2) is 0 Å². The molecular formula is C8H11N3O. The third kappa shape index (κ3) is 1.32. The SMILES string of the molecule is COc1cccc(N)c1C(=N)N. The lowest BCUT2D eigenvalue weighted by molar-refractivity contribution is 0.414. The number of amidine groups is 1. The van der Waals surface area contributed by atoms with Crippen LogP contribution in [0.1, 0.15) is 5.56 Å². The van der Waals surface area contributed by atoms with Gasteiger partial charge in [0.15, 0.2) is 0 Å². The maximum absolute atomic E-state index is 7.24. The van der Waals surface area contributed by atoms with Gasteiger partial charge in [-0.15, -0.1) is 0 Å². The molecule has 64 valence electrons. The summed E-state index contributed by atoms with van der Waals surface area (Å²) in [5.41, 5.74) is 11.8. The van der Waals surface area contributed by atoms with Crippen molar-refractivity contribution < 1.29 is 4.74 Å². The molecule has 0 aliphatic rings. The molecule has 0 heterocycles. The normalized spacial score (nSPS) is 9.42. The lowest BCUT2D eigenvalue weighted by atomic mass is 10.1. The first-order valence-electron chi connectivity index (χ1n) is 3.43. The van der Waals surface area contributed by atoms with Gasteiger partial charge in [-0.1, -0.05) is 6.07 Å². The third-order valence-corrected chi connectivity index (χ3v) is 1.55. The van der Waals surface area contributed by atoms with Crippen molar-refractivity contribution in [1.29, 1.82) is 5.41 Å². The van der Waals surface area contributed by atoms with Gasteiger partial charge in [0.1, 0.15) is 11.6 Å². The van der Waals surface area contributed by atoms with Crippen LogP contribution in [0, 0.1) is 5.41 Å². The van der Waals surface area contributed by atoms with Crippen LogP contribution in [0.25, 0.3) is 0 Å². The average Bonchev–Trinajstić information content (AvgIpc) is 2.03. The van der Waals surface area contributed by atoms with E-state index in [1.165, 1.54) is 7.11 Å². The van der Waals surface area contributed by atoms with Crippen molar-refractivity contribution in [3.05, 3.63) is 23.8 Å². The lowest BCUT2D eigenvalue weighted by Gasteiger charge is -2.08. The van der Waals surface area contributed by atoms with Gasteiger partial charge in [0.2, 0.25) is 0 Å². The largest absolute Gasteiger partial charge is 0.496 e. The Labute approximate surface area is 70.6 Å². The van der Waals surface area contributed by atoms with E-state index in [9.17, 15) is 0 Å². The third-order valence-electron chi connectivity index (χ3n) is 1.55. The summed E-state index contributed by atoms with van der Waals surface area (Å²) in [5.74, 6) is 0.451. The molecule has 0 spiro atoms. The summed E-state index contributed by atoms with van der Waals surface area (Å²) in [4.78, 5) is 0. The Morgan fingerprint density at radius 3 is 2.58 bits per heavy atom. The van der Waals surface area contributed by atoms with Gasteiger partial charge in [0, 0.05) is 5.69 Å². The van der Waals surface area contributed by atoms with E-state index in [0.29, 0.717) is 17.0 Å². The quantitative estimate of drug-likeness (QED) is 0.340. The fraction of sp³-hybridized carbons (Fsp3) is 0.125. The zero-order valence-electron chi connectivity index (χ0n) is 6.79. The molecule has 4 heteroatoms. The Hall–Kier alpha value is -1.71. The van der Waals surface area contributed by atoms with Crippen molar-refractivity contribution >= 4 is 11.5 Å². The first-order chi connectivity index (χ1) is 5.66. The predicted molar refractivity (Wildman–Crippen MR) is 48.4 cm³/mol. The second-order valence-electron chi connectivity index (χ2n) is 2.34. The molecule has 12 heavy (non-hydrogen) atoms. The minimum Gasteiger partial charge on any atom is -0.496 e. The number of nitrogen functional groups attached to an aromatic ring is 2. The monoisotopic (exact) mass is 165 g/mol. The first kappa shape index (κ1) is 8.39. The van der Waals surface area contributed by atoms with Crippen molar-refractivity contribution in [3.8, 4) is 5.75 Å². The highest BCUT2D eigenvalue weighted by atomic mass is 16.5. The van der Waals surface area contributed by atoms with Crippen molar-refractivity contribution in [2.45, 2.75) is 0 Å². The van der Waals surface area contributed by atoms with Crippen molar-refractivity contribution in [3.63, 3.8) is 0 Å². The molecule has 1 rings (SSSR count). The summed E-state index contributed by atoms with van der Waals surface area (Å²) in [6.07, 6.45) is 0. The van der Waals surface area contributed by atoms with Gasteiger partial charge in [-0.05, 0) is 12.1 Å². The van der Waals surface area contributed by atoms with Crippen LogP contribution >= 0.6 is 0 Å². The number of nitrogens with two attached hydrogens (primary N) is 2. The van der Waals surface area contributed by atoms with E-state index in [0.717, 1.165) is 0 Å². The highest BCUT2D eigenvalue weighted by molar-refractivity contribution is 6.02. The molecule has 0 aliphatic heterocycles. The summed E-state index contributed by atoms with van der Waals surface area (Å²) in [6.45, 7) is 0. The fourth-order valence-electron chi connectivity index (χ4n) is 1.01. The van der Waals surface area contributed by atoms with Crippen LogP contribution in [0.4, 0.5) is 5.69 Å². The summed E-state index contributed by atoms with van der Waals surface area (Å²) in [6, 6.07) is 5.15. The highest BCUT2D eigenvalue weighted by Gasteiger charge is 2.08. The van der Waals surface area contributed by atoms with Gasteiger partial charge in [-0.2, -0.15) is 0 Å². The Bertz CT molecular complexity index is 309. The lowest BCUT2D eigenvalue weighted by Crippen LogP contribution is -2.14. The zero-order chi connectivity index (χ0) is 9.14. The summed E-state index contributed by atoms with van der Waals surface area (Å²) >= 11 is 0. The maximum Gasteiger partial charge on any atom is 0.131 e. The fourth-order valence-corrected chi connectivity index (χ4v) is 1.01. The van der Waals surface area contributed by atoms with Crippen LogP contribution in [0.3, 0.4) is 0 Å². The number of anilines is 1. The van der Waals surface area contributed by atoms with Crippen LogP contribution in [0.15, 0.2) is 18.2 Å². The number of methoxy groups -OCH3 is 1. The van der Waals surface area contributed by atoms with Crippen LogP contribution < -0.4 is 16.2 Å². The summed E-state index contributed by atoms with van der Waals surface area (Å²) in [5, 5.41) is 7.24. The molecule has 0 amide bonds. The van der Waals surface area contributed by atoms with Crippen LogP contribution in [0.2, 0.25) is 0 Å². The topological polar surface area (TPSA) is 85.1 Å². The molecule has 1 aromatic carbocycles.